The summed E-state index contributed by atoms with van der Waals surface area (Å²) in [5, 5.41) is 12.6. The summed E-state index contributed by atoms with van der Waals surface area (Å²) in [6.45, 7) is 10.5. The summed E-state index contributed by atoms with van der Waals surface area (Å²) in [4.78, 5) is 0. The lowest BCUT2D eigenvalue weighted by molar-refractivity contribution is 0.170. The second-order valence-corrected chi connectivity index (χ2v) is 10.5. The van der Waals surface area contributed by atoms with Gasteiger partial charge in [-0.15, -0.1) is 0 Å². The molecule has 1 N–H and O–H groups in total. The second-order valence-electron chi connectivity index (χ2n) is 10.5. The van der Waals surface area contributed by atoms with Crippen LogP contribution in [-0.2, 0) is 5.41 Å². The van der Waals surface area contributed by atoms with Crippen molar-refractivity contribution in [3.05, 3.63) is 125 Å². The molecule has 6 rings (SSSR count). The number of methoxy groups -OCH3 is 1. The Morgan fingerprint density at radius 3 is 1.93 bits per heavy atom. The van der Waals surface area contributed by atoms with E-state index in [2.05, 4.69) is 93.6 Å². The summed E-state index contributed by atoms with van der Waals surface area (Å²) >= 11 is 0. The summed E-state index contributed by atoms with van der Waals surface area (Å²) < 4.78 is 11.9. The minimum Gasteiger partial charge on any atom is -0.508 e. The molecule has 0 spiro atoms. The van der Waals surface area contributed by atoms with Crippen LogP contribution in [0.2, 0.25) is 0 Å². The van der Waals surface area contributed by atoms with Crippen molar-refractivity contribution in [1.82, 2.24) is 0 Å². The molecule has 0 radical (unpaired) electrons. The minimum absolute atomic E-state index is 0.124. The fourth-order valence-electron chi connectivity index (χ4n) is 5.84. The van der Waals surface area contributed by atoms with Gasteiger partial charge in [-0.25, -0.2) is 0 Å². The highest BCUT2D eigenvalue weighted by atomic mass is 16.5. The molecule has 0 aliphatic heterocycles. The highest BCUT2D eigenvalue weighted by Gasteiger charge is 2.47. The van der Waals surface area contributed by atoms with Crippen molar-refractivity contribution in [3.8, 4) is 28.4 Å². The molecule has 1 aliphatic carbocycles. The summed E-state index contributed by atoms with van der Waals surface area (Å²) in [7, 11) is 1.71. The summed E-state index contributed by atoms with van der Waals surface area (Å²) in [5.41, 5.74) is 6.47. The third-order valence-corrected chi connectivity index (χ3v) is 8.08. The third kappa shape index (κ3) is 4.40. The lowest BCUT2D eigenvalue weighted by atomic mass is 9.67. The number of ether oxygens (including phenoxy) is 2. The zero-order valence-electron chi connectivity index (χ0n) is 24.2. The van der Waals surface area contributed by atoms with Gasteiger partial charge in [0.2, 0.25) is 0 Å². The molecule has 5 aromatic carbocycles. The average Bonchev–Trinajstić information content (AvgIpc) is 3.29. The number of hydrogen-bond acceptors (Lipinski definition) is 3. The minimum atomic E-state index is -0.573. The summed E-state index contributed by atoms with van der Waals surface area (Å²) in [5.74, 6) is 2.37. The number of phenolic OH excluding ortho intramolecular Hbond substituents is 1. The van der Waals surface area contributed by atoms with E-state index in [1.165, 1.54) is 27.5 Å². The monoisotopic (exact) mass is 530 g/mol. The van der Waals surface area contributed by atoms with Crippen LogP contribution in [0.15, 0.2) is 103 Å². The molecule has 0 saturated carbocycles. The van der Waals surface area contributed by atoms with E-state index in [-0.39, 0.29) is 11.9 Å². The molecule has 0 heterocycles. The lowest BCUT2D eigenvalue weighted by Gasteiger charge is -2.34. The van der Waals surface area contributed by atoms with Crippen LogP contribution in [0.25, 0.3) is 21.9 Å². The molecular formula is C37H38O3. The maximum atomic E-state index is 10.2. The van der Waals surface area contributed by atoms with Gasteiger partial charge in [-0.2, -0.15) is 0 Å². The van der Waals surface area contributed by atoms with Gasteiger partial charge in [0.15, 0.2) is 0 Å². The topological polar surface area (TPSA) is 38.7 Å². The predicted octanol–water partition coefficient (Wildman–Crippen LogP) is 9.37. The zero-order chi connectivity index (χ0) is 28.4. The average molecular weight is 531 g/mol. The zero-order valence-corrected chi connectivity index (χ0v) is 24.2. The number of benzene rings is 5. The maximum absolute atomic E-state index is 10.2. The Morgan fingerprint density at radius 2 is 1.27 bits per heavy atom. The van der Waals surface area contributed by atoms with Crippen LogP contribution in [0.4, 0.5) is 0 Å². The molecule has 0 fully saturated rings. The normalized spacial score (nSPS) is 16.1. The van der Waals surface area contributed by atoms with Crippen molar-refractivity contribution in [2.24, 2.45) is 5.92 Å². The van der Waals surface area contributed by atoms with E-state index in [4.69, 9.17) is 9.47 Å². The molecule has 5 aromatic rings. The van der Waals surface area contributed by atoms with Gasteiger partial charge in [0.25, 0.3) is 0 Å². The number of phenols is 1. The highest BCUT2D eigenvalue weighted by Crippen LogP contribution is 2.58. The Hall–Kier alpha value is -4.24. The number of hydrogen-bond donors (Lipinski definition) is 1. The molecule has 0 saturated heterocycles. The first-order valence-corrected chi connectivity index (χ1v) is 14.2. The second kappa shape index (κ2) is 11.1. The Morgan fingerprint density at radius 1 is 0.675 bits per heavy atom. The Balaban J connectivity index is 0.00000158. The summed E-state index contributed by atoms with van der Waals surface area (Å²) in [6, 6.07) is 35.6. The number of fused-ring (bicyclic) bond motifs is 5. The van der Waals surface area contributed by atoms with Gasteiger partial charge >= 0.3 is 0 Å². The predicted molar refractivity (Wildman–Crippen MR) is 166 cm³/mol. The van der Waals surface area contributed by atoms with Crippen LogP contribution < -0.4 is 9.47 Å². The molecule has 40 heavy (non-hydrogen) atoms. The Bertz CT molecular complexity index is 1620. The van der Waals surface area contributed by atoms with Crippen LogP contribution in [0, 0.1) is 5.92 Å². The van der Waals surface area contributed by atoms with E-state index in [0.717, 1.165) is 28.2 Å². The van der Waals surface area contributed by atoms with Crippen molar-refractivity contribution < 1.29 is 14.6 Å². The van der Waals surface area contributed by atoms with E-state index in [0.29, 0.717) is 5.92 Å². The van der Waals surface area contributed by atoms with E-state index >= 15 is 0 Å². The van der Waals surface area contributed by atoms with Gasteiger partial charge in [-0.05, 0) is 93.4 Å². The molecule has 2 unspecified atom stereocenters. The first kappa shape index (κ1) is 27.3. The molecule has 0 amide bonds. The Kier molecular flexibility index (Phi) is 7.58. The van der Waals surface area contributed by atoms with Gasteiger partial charge in [0, 0.05) is 0 Å². The largest absolute Gasteiger partial charge is 0.508 e. The van der Waals surface area contributed by atoms with E-state index < -0.39 is 5.41 Å². The first-order chi connectivity index (χ1) is 19.4. The van der Waals surface area contributed by atoms with E-state index in [1.807, 2.05) is 32.0 Å². The quantitative estimate of drug-likeness (QED) is 0.233. The van der Waals surface area contributed by atoms with Gasteiger partial charge in [-0.1, -0.05) is 94.4 Å². The van der Waals surface area contributed by atoms with Crippen LogP contribution in [0.1, 0.15) is 56.9 Å². The van der Waals surface area contributed by atoms with Crippen molar-refractivity contribution in [2.75, 3.05) is 7.11 Å². The molecule has 3 heteroatoms. The third-order valence-electron chi connectivity index (χ3n) is 8.08. The van der Waals surface area contributed by atoms with E-state index in [1.54, 1.807) is 19.2 Å². The van der Waals surface area contributed by atoms with Crippen molar-refractivity contribution >= 4 is 10.8 Å². The molecule has 3 nitrogen and oxygen atoms in total. The van der Waals surface area contributed by atoms with Crippen molar-refractivity contribution in [2.45, 2.75) is 46.1 Å². The van der Waals surface area contributed by atoms with Gasteiger partial charge < -0.3 is 14.6 Å². The first-order valence-electron chi connectivity index (χ1n) is 14.2. The molecular weight excluding hydrogens is 492 g/mol. The molecule has 204 valence electrons. The number of aromatic hydroxyl groups is 1. The van der Waals surface area contributed by atoms with Crippen LogP contribution in [-0.4, -0.2) is 18.3 Å². The van der Waals surface area contributed by atoms with E-state index in [9.17, 15) is 5.11 Å². The smallest absolute Gasteiger partial charge is 0.119 e. The fourth-order valence-corrected chi connectivity index (χ4v) is 5.84. The van der Waals surface area contributed by atoms with Crippen LogP contribution in [0.3, 0.4) is 0 Å². The Labute approximate surface area is 238 Å². The van der Waals surface area contributed by atoms with Crippen LogP contribution in [0.5, 0.6) is 17.2 Å². The SMILES string of the molecule is CC.COc1ccc2c(c1)-c1c(ccc3ccccc13)C2(c1ccc(O)cc1)c1ccc(OC(C)C(C)C)cc1. The van der Waals surface area contributed by atoms with Gasteiger partial charge in [0.05, 0.1) is 18.6 Å². The van der Waals surface area contributed by atoms with Crippen LogP contribution >= 0.6 is 0 Å². The molecule has 2 atom stereocenters. The highest BCUT2D eigenvalue weighted by molar-refractivity contribution is 6.04. The van der Waals surface area contributed by atoms with Gasteiger partial charge in [0.1, 0.15) is 17.2 Å². The molecule has 0 aromatic heterocycles. The standard InChI is InChI=1S/C35H32O3.C2H6/c1-22(2)23(3)38-28-16-12-26(13-17-28)35(25-10-14-27(36)15-11-25)32-20-18-29(37-4)21-31(32)34-30-8-6-5-7-24(30)9-19-33(34)35;1-2/h5-23,36H,1-4H3;1-2H3. The van der Waals surface area contributed by atoms with Crippen molar-refractivity contribution in [1.29, 1.82) is 0 Å². The lowest BCUT2D eigenvalue weighted by Crippen LogP contribution is -2.28. The molecule has 1 aliphatic rings. The maximum Gasteiger partial charge on any atom is 0.119 e. The summed E-state index contributed by atoms with van der Waals surface area (Å²) in [6.07, 6.45) is 0.124. The van der Waals surface area contributed by atoms with Crippen molar-refractivity contribution in [3.63, 3.8) is 0 Å². The van der Waals surface area contributed by atoms with Gasteiger partial charge in [-0.3, -0.25) is 0 Å². The molecule has 0 bridgehead atoms. The fraction of sp³-hybridized carbons (Fsp3) is 0.243. The number of rotatable bonds is 6.